The van der Waals surface area contributed by atoms with Gasteiger partial charge >= 0.3 is 0 Å². The Bertz CT molecular complexity index is 516. The summed E-state index contributed by atoms with van der Waals surface area (Å²) in [7, 11) is 0. The molecule has 1 heterocycles. The Morgan fingerprint density at radius 2 is 2.06 bits per heavy atom. The number of aliphatic hydroxyl groups excluding tert-OH is 1. The molecule has 1 aromatic heterocycles. The zero-order valence-electron chi connectivity index (χ0n) is 8.32. The first-order valence-corrected chi connectivity index (χ1v) is 5.09. The summed E-state index contributed by atoms with van der Waals surface area (Å²) in [5, 5.41) is 9.30. The first kappa shape index (κ1) is 11.0. The van der Waals surface area contributed by atoms with Gasteiger partial charge in [-0.25, -0.2) is 4.39 Å². The quantitative estimate of drug-likeness (QED) is 0.871. The molecular weight excluding hydrogens is 229 g/mol. The van der Waals surface area contributed by atoms with Crippen molar-refractivity contribution in [3.05, 3.63) is 53.1 Å². The molecule has 0 atom stereocenters. The highest BCUT2D eigenvalue weighted by Gasteiger charge is 2.04. The number of halogens is 2. The molecule has 0 aliphatic carbocycles. The molecule has 0 unspecified atom stereocenters. The lowest BCUT2D eigenvalue weighted by atomic mass is 10.1. The van der Waals surface area contributed by atoms with Crippen molar-refractivity contribution in [1.82, 2.24) is 4.98 Å². The van der Waals surface area contributed by atoms with Gasteiger partial charge in [-0.1, -0.05) is 23.7 Å². The standard InChI is InChI=1S/C12H9ClFNO/c13-11-5-9(6-15-12(11)7-16)8-2-1-3-10(14)4-8/h1-6,16H,7H2. The van der Waals surface area contributed by atoms with Gasteiger partial charge in [0.25, 0.3) is 0 Å². The normalized spacial score (nSPS) is 10.4. The highest BCUT2D eigenvalue weighted by atomic mass is 35.5. The van der Waals surface area contributed by atoms with Crippen LogP contribution >= 0.6 is 11.6 Å². The molecule has 2 nitrogen and oxygen atoms in total. The average molecular weight is 238 g/mol. The Morgan fingerprint density at radius 1 is 1.25 bits per heavy atom. The monoisotopic (exact) mass is 237 g/mol. The minimum absolute atomic E-state index is 0.206. The Kier molecular flexibility index (Phi) is 3.17. The second-order valence-electron chi connectivity index (χ2n) is 3.32. The maximum absolute atomic E-state index is 13.0. The zero-order valence-corrected chi connectivity index (χ0v) is 9.08. The fourth-order valence-corrected chi connectivity index (χ4v) is 1.63. The van der Waals surface area contributed by atoms with E-state index in [4.69, 9.17) is 16.7 Å². The fraction of sp³-hybridized carbons (Fsp3) is 0.0833. The summed E-state index contributed by atoms with van der Waals surface area (Å²) < 4.78 is 13.0. The molecule has 0 spiro atoms. The van der Waals surface area contributed by atoms with Crippen LogP contribution in [-0.4, -0.2) is 10.1 Å². The van der Waals surface area contributed by atoms with Crippen molar-refractivity contribution in [1.29, 1.82) is 0 Å². The van der Waals surface area contributed by atoms with E-state index < -0.39 is 0 Å². The molecule has 2 aromatic rings. The van der Waals surface area contributed by atoms with Crippen LogP contribution in [0.4, 0.5) is 4.39 Å². The van der Waals surface area contributed by atoms with Crippen molar-refractivity contribution in [2.75, 3.05) is 0 Å². The number of hydrogen-bond acceptors (Lipinski definition) is 2. The molecule has 0 saturated heterocycles. The Morgan fingerprint density at radius 3 is 2.69 bits per heavy atom. The number of hydrogen-bond donors (Lipinski definition) is 1. The van der Waals surface area contributed by atoms with Crippen LogP contribution in [0.5, 0.6) is 0 Å². The zero-order chi connectivity index (χ0) is 11.5. The largest absolute Gasteiger partial charge is 0.390 e. The highest BCUT2D eigenvalue weighted by Crippen LogP contribution is 2.24. The van der Waals surface area contributed by atoms with Gasteiger partial charge < -0.3 is 5.11 Å². The average Bonchev–Trinajstić information content (AvgIpc) is 2.29. The smallest absolute Gasteiger partial charge is 0.123 e. The van der Waals surface area contributed by atoms with Crippen molar-refractivity contribution in [2.45, 2.75) is 6.61 Å². The third kappa shape index (κ3) is 2.21. The Labute approximate surface area is 97.3 Å². The lowest BCUT2D eigenvalue weighted by Crippen LogP contribution is -1.91. The number of aliphatic hydroxyl groups is 1. The molecule has 1 N–H and O–H groups in total. The van der Waals surface area contributed by atoms with Crippen LogP contribution in [-0.2, 0) is 6.61 Å². The SMILES string of the molecule is OCc1ncc(-c2cccc(F)c2)cc1Cl. The molecule has 0 fully saturated rings. The Hall–Kier alpha value is -1.45. The molecule has 0 radical (unpaired) electrons. The number of nitrogens with zero attached hydrogens (tertiary/aromatic N) is 1. The third-order valence-corrected chi connectivity index (χ3v) is 2.55. The second kappa shape index (κ2) is 4.60. The van der Waals surface area contributed by atoms with E-state index in [0.29, 0.717) is 16.3 Å². The van der Waals surface area contributed by atoms with Crippen molar-refractivity contribution < 1.29 is 9.50 Å². The summed E-state index contributed by atoms with van der Waals surface area (Å²) in [6.45, 7) is -0.206. The summed E-state index contributed by atoms with van der Waals surface area (Å²) in [4.78, 5) is 4.00. The molecular formula is C12H9ClFNO. The number of rotatable bonds is 2. The van der Waals surface area contributed by atoms with Crippen LogP contribution in [0.25, 0.3) is 11.1 Å². The van der Waals surface area contributed by atoms with E-state index in [1.165, 1.54) is 12.1 Å². The molecule has 1 aromatic carbocycles. The maximum atomic E-state index is 13.0. The van der Waals surface area contributed by atoms with Gasteiger partial charge in [0.05, 0.1) is 17.3 Å². The van der Waals surface area contributed by atoms with Crippen LogP contribution in [0.15, 0.2) is 36.5 Å². The van der Waals surface area contributed by atoms with Gasteiger partial charge in [0, 0.05) is 11.8 Å². The summed E-state index contributed by atoms with van der Waals surface area (Å²) in [5.74, 6) is -0.306. The molecule has 2 rings (SSSR count). The van der Waals surface area contributed by atoms with Gasteiger partial charge in [0.2, 0.25) is 0 Å². The molecule has 0 aliphatic rings. The van der Waals surface area contributed by atoms with E-state index in [2.05, 4.69) is 4.98 Å². The lowest BCUT2D eigenvalue weighted by molar-refractivity contribution is 0.277. The van der Waals surface area contributed by atoms with Crippen molar-refractivity contribution >= 4 is 11.6 Å². The van der Waals surface area contributed by atoms with Gasteiger partial charge in [-0.15, -0.1) is 0 Å². The van der Waals surface area contributed by atoms with Gasteiger partial charge in [0.1, 0.15) is 5.82 Å². The Balaban J connectivity index is 2.45. The van der Waals surface area contributed by atoms with E-state index in [-0.39, 0.29) is 12.4 Å². The van der Waals surface area contributed by atoms with Crippen LogP contribution in [0.3, 0.4) is 0 Å². The fourth-order valence-electron chi connectivity index (χ4n) is 1.41. The molecule has 0 aliphatic heterocycles. The van der Waals surface area contributed by atoms with E-state index >= 15 is 0 Å². The second-order valence-corrected chi connectivity index (χ2v) is 3.73. The van der Waals surface area contributed by atoms with E-state index in [1.807, 2.05) is 0 Å². The van der Waals surface area contributed by atoms with Crippen LogP contribution in [0.2, 0.25) is 5.02 Å². The maximum Gasteiger partial charge on any atom is 0.123 e. The molecule has 4 heteroatoms. The van der Waals surface area contributed by atoms with Gasteiger partial charge in [-0.2, -0.15) is 0 Å². The van der Waals surface area contributed by atoms with Crippen LogP contribution in [0.1, 0.15) is 5.69 Å². The summed E-state index contributed by atoms with van der Waals surface area (Å²) in [6.07, 6.45) is 1.56. The first-order chi connectivity index (χ1) is 7.70. The van der Waals surface area contributed by atoms with Crippen LogP contribution < -0.4 is 0 Å². The van der Waals surface area contributed by atoms with Gasteiger partial charge in [-0.05, 0) is 23.8 Å². The van der Waals surface area contributed by atoms with Gasteiger partial charge in [0.15, 0.2) is 0 Å². The number of aromatic nitrogens is 1. The van der Waals surface area contributed by atoms with Crippen LogP contribution in [0, 0.1) is 5.82 Å². The van der Waals surface area contributed by atoms with Crippen molar-refractivity contribution in [3.8, 4) is 11.1 Å². The minimum Gasteiger partial charge on any atom is -0.390 e. The lowest BCUT2D eigenvalue weighted by Gasteiger charge is -2.04. The summed E-state index contributed by atoms with van der Waals surface area (Å²) in [6, 6.07) is 7.84. The summed E-state index contributed by atoms with van der Waals surface area (Å²) in [5.41, 5.74) is 1.85. The molecule has 82 valence electrons. The highest BCUT2D eigenvalue weighted by molar-refractivity contribution is 6.31. The number of pyridine rings is 1. The van der Waals surface area contributed by atoms with Gasteiger partial charge in [-0.3, -0.25) is 4.98 Å². The van der Waals surface area contributed by atoms with Crippen molar-refractivity contribution in [2.24, 2.45) is 0 Å². The predicted molar refractivity (Wildman–Crippen MR) is 60.6 cm³/mol. The number of benzene rings is 1. The first-order valence-electron chi connectivity index (χ1n) is 4.72. The molecule has 0 bridgehead atoms. The predicted octanol–water partition coefficient (Wildman–Crippen LogP) is 3.03. The minimum atomic E-state index is -0.306. The van der Waals surface area contributed by atoms with Crippen molar-refractivity contribution in [3.63, 3.8) is 0 Å². The van der Waals surface area contributed by atoms with E-state index in [0.717, 1.165) is 5.56 Å². The molecule has 0 amide bonds. The van der Waals surface area contributed by atoms with E-state index in [9.17, 15) is 4.39 Å². The van der Waals surface area contributed by atoms with E-state index in [1.54, 1.807) is 24.4 Å². The third-order valence-electron chi connectivity index (χ3n) is 2.23. The summed E-state index contributed by atoms with van der Waals surface area (Å²) >= 11 is 5.90. The topological polar surface area (TPSA) is 33.1 Å². The molecule has 16 heavy (non-hydrogen) atoms. The molecule has 0 saturated carbocycles.